The van der Waals surface area contributed by atoms with Crippen molar-refractivity contribution in [1.29, 1.82) is 0 Å². The monoisotopic (exact) mass is 507 g/mol. The lowest BCUT2D eigenvalue weighted by Crippen LogP contribution is -2.54. The SMILES string of the molecule is CN1C[C@H](c2ccc(OCc3ccc(Br)cc3)cc2)[C@H]([N+](=O)[O-])[C@@]12C(=O)Nc1ccccc12. The highest BCUT2D eigenvalue weighted by molar-refractivity contribution is 9.10. The summed E-state index contributed by atoms with van der Waals surface area (Å²) in [7, 11) is 1.79. The molecule has 168 valence electrons. The van der Waals surface area contributed by atoms with Crippen LogP contribution in [0.3, 0.4) is 0 Å². The van der Waals surface area contributed by atoms with Crippen molar-refractivity contribution in [3.63, 3.8) is 0 Å². The van der Waals surface area contributed by atoms with Crippen molar-refractivity contribution in [3.8, 4) is 5.75 Å². The lowest BCUT2D eigenvalue weighted by atomic mass is 9.79. The molecule has 1 saturated heterocycles. The van der Waals surface area contributed by atoms with E-state index in [-0.39, 0.29) is 10.8 Å². The van der Waals surface area contributed by atoms with Crippen LogP contribution in [0.1, 0.15) is 22.6 Å². The Balaban J connectivity index is 1.42. The van der Waals surface area contributed by atoms with E-state index >= 15 is 0 Å². The maximum absolute atomic E-state index is 13.2. The topological polar surface area (TPSA) is 84.7 Å². The number of para-hydroxylation sites is 1. The van der Waals surface area contributed by atoms with E-state index in [0.717, 1.165) is 15.6 Å². The van der Waals surface area contributed by atoms with Gasteiger partial charge in [-0.25, -0.2) is 0 Å². The van der Waals surface area contributed by atoms with Crippen LogP contribution in [0.25, 0.3) is 0 Å². The number of nitrogens with one attached hydrogen (secondary N) is 1. The van der Waals surface area contributed by atoms with Gasteiger partial charge in [0.05, 0.1) is 5.92 Å². The molecule has 0 saturated carbocycles. The first kappa shape index (κ1) is 21.6. The largest absolute Gasteiger partial charge is 0.489 e. The van der Waals surface area contributed by atoms with Crippen LogP contribution >= 0.6 is 15.9 Å². The van der Waals surface area contributed by atoms with Crippen LogP contribution < -0.4 is 10.1 Å². The molecular formula is C25H22BrN3O4. The maximum atomic E-state index is 13.2. The molecule has 2 heterocycles. The number of fused-ring (bicyclic) bond motifs is 2. The van der Waals surface area contributed by atoms with Crippen LogP contribution in [0, 0.1) is 10.1 Å². The predicted octanol–water partition coefficient (Wildman–Crippen LogP) is 4.55. The van der Waals surface area contributed by atoms with E-state index in [1.54, 1.807) is 13.1 Å². The fraction of sp³-hybridized carbons (Fsp3) is 0.240. The Kier molecular flexibility index (Phi) is 5.42. The van der Waals surface area contributed by atoms with Gasteiger partial charge in [0.1, 0.15) is 12.4 Å². The average molecular weight is 508 g/mol. The summed E-state index contributed by atoms with van der Waals surface area (Å²) in [6.45, 7) is 0.822. The fourth-order valence-electron chi connectivity index (χ4n) is 5.14. The molecule has 8 heteroatoms. The normalized spacial score (nSPS) is 24.0. The molecular weight excluding hydrogens is 486 g/mol. The van der Waals surface area contributed by atoms with E-state index in [0.29, 0.717) is 30.2 Å². The quantitative estimate of drug-likeness (QED) is 0.404. The summed E-state index contributed by atoms with van der Waals surface area (Å²) in [5.41, 5.74) is 1.82. The average Bonchev–Trinajstić information content (AvgIpc) is 3.29. The lowest BCUT2D eigenvalue weighted by molar-refractivity contribution is -0.534. The van der Waals surface area contributed by atoms with Gasteiger partial charge in [-0.15, -0.1) is 0 Å². The molecule has 0 aromatic heterocycles. The molecule has 2 aliphatic rings. The number of likely N-dealkylation sites (N-methyl/N-ethyl adjacent to an activating group) is 1. The van der Waals surface area contributed by atoms with E-state index < -0.39 is 17.5 Å². The van der Waals surface area contributed by atoms with E-state index in [9.17, 15) is 14.9 Å². The summed E-state index contributed by atoms with van der Waals surface area (Å²) in [5, 5.41) is 15.2. The van der Waals surface area contributed by atoms with Gasteiger partial charge in [0.25, 0.3) is 11.9 Å². The number of nitro groups is 1. The Hall–Kier alpha value is -3.23. The minimum Gasteiger partial charge on any atom is -0.489 e. The summed E-state index contributed by atoms with van der Waals surface area (Å²) in [6, 6.07) is 21.4. The van der Waals surface area contributed by atoms with Gasteiger partial charge in [-0.3, -0.25) is 19.8 Å². The Morgan fingerprint density at radius 2 is 1.82 bits per heavy atom. The predicted molar refractivity (Wildman–Crippen MR) is 128 cm³/mol. The molecule has 1 fully saturated rings. The number of carbonyl (C=O) groups excluding carboxylic acids is 1. The summed E-state index contributed by atoms with van der Waals surface area (Å²) in [4.78, 5) is 27.1. The second kappa shape index (κ2) is 8.28. The molecule has 1 spiro atoms. The number of hydrogen-bond acceptors (Lipinski definition) is 5. The molecule has 33 heavy (non-hydrogen) atoms. The Morgan fingerprint density at radius 1 is 1.12 bits per heavy atom. The van der Waals surface area contributed by atoms with Crippen molar-refractivity contribution in [3.05, 3.63) is 104 Å². The number of amides is 1. The number of ether oxygens (including phenoxy) is 1. The Labute approximate surface area is 199 Å². The van der Waals surface area contributed by atoms with Crippen molar-refractivity contribution in [2.24, 2.45) is 0 Å². The second-order valence-corrected chi connectivity index (χ2v) is 9.38. The number of carbonyl (C=O) groups is 1. The molecule has 1 N–H and O–H groups in total. The molecule has 0 radical (unpaired) electrons. The minimum absolute atomic E-state index is 0.298. The third kappa shape index (κ3) is 3.50. The van der Waals surface area contributed by atoms with Crippen molar-refractivity contribution < 1.29 is 14.5 Å². The van der Waals surface area contributed by atoms with E-state index in [1.807, 2.05) is 71.6 Å². The Bertz CT molecular complexity index is 1220. The first-order chi connectivity index (χ1) is 15.9. The van der Waals surface area contributed by atoms with Crippen molar-refractivity contribution in [2.75, 3.05) is 18.9 Å². The zero-order valence-corrected chi connectivity index (χ0v) is 19.5. The van der Waals surface area contributed by atoms with Crippen molar-refractivity contribution in [2.45, 2.75) is 24.1 Å². The zero-order valence-electron chi connectivity index (χ0n) is 17.9. The summed E-state index contributed by atoms with van der Waals surface area (Å²) in [6.07, 6.45) is 0. The van der Waals surface area contributed by atoms with E-state index in [1.165, 1.54) is 0 Å². The van der Waals surface area contributed by atoms with Gasteiger partial charge in [0, 0.05) is 27.2 Å². The zero-order chi connectivity index (χ0) is 23.2. The third-order valence-corrected chi connectivity index (χ3v) is 7.20. The molecule has 0 aliphatic carbocycles. The van der Waals surface area contributed by atoms with Gasteiger partial charge in [-0.05, 0) is 48.5 Å². The molecule has 0 unspecified atom stereocenters. The number of benzene rings is 3. The lowest BCUT2D eigenvalue weighted by Gasteiger charge is -2.30. The molecule has 1 amide bonds. The van der Waals surface area contributed by atoms with Gasteiger partial charge in [0.15, 0.2) is 5.54 Å². The number of rotatable bonds is 5. The van der Waals surface area contributed by atoms with Crippen LogP contribution in [0.2, 0.25) is 0 Å². The van der Waals surface area contributed by atoms with Crippen molar-refractivity contribution >= 4 is 27.5 Å². The highest BCUT2D eigenvalue weighted by Gasteiger charge is 2.68. The maximum Gasteiger partial charge on any atom is 0.256 e. The summed E-state index contributed by atoms with van der Waals surface area (Å²) >= 11 is 3.42. The van der Waals surface area contributed by atoms with Crippen LogP contribution in [0.5, 0.6) is 5.75 Å². The van der Waals surface area contributed by atoms with Gasteiger partial charge in [-0.1, -0.05) is 58.4 Å². The summed E-state index contributed by atoms with van der Waals surface area (Å²) in [5.74, 6) is -0.100. The van der Waals surface area contributed by atoms with Gasteiger partial charge >= 0.3 is 0 Å². The summed E-state index contributed by atoms with van der Waals surface area (Å²) < 4.78 is 6.89. The molecule has 7 nitrogen and oxygen atoms in total. The van der Waals surface area contributed by atoms with Crippen LogP contribution in [-0.4, -0.2) is 35.4 Å². The smallest absolute Gasteiger partial charge is 0.256 e. The van der Waals surface area contributed by atoms with Gasteiger partial charge < -0.3 is 10.1 Å². The first-order valence-corrected chi connectivity index (χ1v) is 11.4. The minimum atomic E-state index is -1.33. The van der Waals surface area contributed by atoms with Crippen LogP contribution in [0.15, 0.2) is 77.3 Å². The van der Waals surface area contributed by atoms with Crippen molar-refractivity contribution in [1.82, 2.24) is 4.90 Å². The number of halogens is 1. The van der Waals surface area contributed by atoms with E-state index in [2.05, 4.69) is 21.2 Å². The van der Waals surface area contributed by atoms with E-state index in [4.69, 9.17) is 4.74 Å². The van der Waals surface area contributed by atoms with Gasteiger partial charge in [0.2, 0.25) is 0 Å². The number of likely N-dealkylation sites (tertiary alicyclic amines) is 1. The molecule has 3 atom stereocenters. The highest BCUT2D eigenvalue weighted by atomic mass is 79.9. The van der Waals surface area contributed by atoms with Crippen LogP contribution in [0.4, 0.5) is 5.69 Å². The number of nitrogens with zero attached hydrogens (tertiary/aromatic N) is 2. The number of anilines is 1. The molecule has 5 rings (SSSR count). The Morgan fingerprint density at radius 3 is 2.52 bits per heavy atom. The van der Waals surface area contributed by atoms with Gasteiger partial charge in [-0.2, -0.15) is 0 Å². The molecule has 0 bridgehead atoms. The first-order valence-electron chi connectivity index (χ1n) is 10.6. The second-order valence-electron chi connectivity index (χ2n) is 8.47. The third-order valence-electron chi connectivity index (χ3n) is 6.67. The molecule has 2 aliphatic heterocycles. The highest BCUT2D eigenvalue weighted by Crippen LogP contribution is 2.51. The standard InChI is InChI=1S/C25H22BrN3O4/c1-28-14-20(17-8-12-19(13-9-17)33-15-16-6-10-18(26)11-7-16)23(29(31)32)25(28)21-4-2-3-5-22(21)27-24(25)30/h2-13,20,23H,14-15H2,1H3,(H,27,30)/t20-,23+,25+/m1/s1. The van der Waals surface area contributed by atoms with Crippen LogP contribution in [-0.2, 0) is 16.9 Å². The fourth-order valence-corrected chi connectivity index (χ4v) is 5.40. The molecule has 3 aromatic rings. The molecule has 3 aromatic carbocycles. The number of hydrogen-bond donors (Lipinski definition) is 1.